The summed E-state index contributed by atoms with van der Waals surface area (Å²) in [5, 5.41) is 9.93. The maximum atomic E-state index is 12.6. The van der Waals surface area contributed by atoms with Crippen molar-refractivity contribution >= 4 is 28.6 Å². The summed E-state index contributed by atoms with van der Waals surface area (Å²) in [5.74, 6) is 1.94. The molecular weight excluding hydrogens is 434 g/mol. The van der Waals surface area contributed by atoms with Crippen molar-refractivity contribution in [1.82, 2.24) is 19.9 Å². The van der Waals surface area contributed by atoms with E-state index < -0.39 is 0 Å². The number of nitrogens with zero attached hydrogens (tertiary/aromatic N) is 4. The van der Waals surface area contributed by atoms with Gasteiger partial charge in [0.2, 0.25) is 5.91 Å². The Bertz CT molecular complexity index is 1230. The predicted octanol–water partition coefficient (Wildman–Crippen LogP) is 4.04. The van der Waals surface area contributed by atoms with E-state index in [2.05, 4.69) is 32.7 Å². The molecular formula is C25H27N5O2S. The highest BCUT2D eigenvalue weighted by molar-refractivity contribution is 7.09. The van der Waals surface area contributed by atoms with E-state index in [0.717, 1.165) is 60.7 Å². The fourth-order valence-corrected chi connectivity index (χ4v) is 5.05. The fourth-order valence-electron chi connectivity index (χ4n) is 4.34. The molecule has 0 aliphatic carbocycles. The van der Waals surface area contributed by atoms with Crippen LogP contribution in [0.3, 0.4) is 0 Å². The number of benzene rings is 1. The van der Waals surface area contributed by atoms with Gasteiger partial charge in [0.15, 0.2) is 5.82 Å². The number of methoxy groups -OCH3 is 1. The molecule has 33 heavy (non-hydrogen) atoms. The second kappa shape index (κ2) is 9.62. The SMILES string of the molecule is COc1cccc(-c2cc3c(N4CCC(C(=O)NCCc5cccs5)CC4)nccn3n2)c1. The molecule has 0 radical (unpaired) electrons. The number of nitrogens with one attached hydrogen (secondary N) is 1. The normalized spacial score (nSPS) is 14.5. The topological polar surface area (TPSA) is 71.8 Å². The smallest absolute Gasteiger partial charge is 0.223 e. The van der Waals surface area contributed by atoms with Crippen LogP contribution in [-0.4, -0.2) is 47.2 Å². The van der Waals surface area contributed by atoms with Gasteiger partial charge in [-0.25, -0.2) is 9.50 Å². The lowest BCUT2D eigenvalue weighted by Gasteiger charge is -2.32. The van der Waals surface area contributed by atoms with Crippen molar-refractivity contribution < 1.29 is 9.53 Å². The Kier molecular flexibility index (Phi) is 6.26. The summed E-state index contributed by atoms with van der Waals surface area (Å²) in [7, 11) is 1.67. The van der Waals surface area contributed by atoms with Gasteiger partial charge in [0, 0.05) is 48.4 Å². The van der Waals surface area contributed by atoms with Crippen molar-refractivity contribution in [1.29, 1.82) is 0 Å². The molecule has 1 aliphatic rings. The van der Waals surface area contributed by atoms with Crippen molar-refractivity contribution in [3.63, 3.8) is 0 Å². The number of thiophene rings is 1. The van der Waals surface area contributed by atoms with Crippen LogP contribution in [0.4, 0.5) is 5.82 Å². The largest absolute Gasteiger partial charge is 0.497 e. The molecule has 4 aromatic rings. The first-order chi connectivity index (χ1) is 16.2. The number of carbonyl (C=O) groups is 1. The Labute approximate surface area is 197 Å². The molecule has 1 saturated heterocycles. The lowest BCUT2D eigenvalue weighted by molar-refractivity contribution is -0.125. The Morgan fingerprint density at radius 2 is 2.09 bits per heavy atom. The summed E-state index contributed by atoms with van der Waals surface area (Å²) in [5.41, 5.74) is 2.85. The summed E-state index contributed by atoms with van der Waals surface area (Å²) in [6.07, 6.45) is 6.20. The minimum absolute atomic E-state index is 0.0570. The zero-order chi connectivity index (χ0) is 22.6. The van der Waals surface area contributed by atoms with E-state index in [1.54, 1.807) is 24.6 Å². The molecule has 1 aliphatic heterocycles. The summed E-state index contributed by atoms with van der Waals surface area (Å²) in [6.45, 7) is 2.30. The summed E-state index contributed by atoms with van der Waals surface area (Å²) in [6, 6.07) is 14.1. The van der Waals surface area contributed by atoms with Gasteiger partial charge in [-0.3, -0.25) is 4.79 Å². The van der Waals surface area contributed by atoms with E-state index in [0.29, 0.717) is 6.54 Å². The zero-order valence-electron chi connectivity index (χ0n) is 18.6. The number of fused-ring (bicyclic) bond motifs is 1. The highest BCUT2D eigenvalue weighted by atomic mass is 32.1. The van der Waals surface area contributed by atoms with Gasteiger partial charge in [0.05, 0.1) is 12.8 Å². The third-order valence-electron chi connectivity index (χ3n) is 6.15. The molecule has 1 aromatic carbocycles. The predicted molar refractivity (Wildman–Crippen MR) is 131 cm³/mol. The van der Waals surface area contributed by atoms with E-state index >= 15 is 0 Å². The zero-order valence-corrected chi connectivity index (χ0v) is 19.4. The van der Waals surface area contributed by atoms with Gasteiger partial charge in [0.25, 0.3) is 0 Å². The minimum Gasteiger partial charge on any atom is -0.497 e. The van der Waals surface area contributed by atoms with E-state index in [1.165, 1.54) is 4.88 Å². The van der Waals surface area contributed by atoms with Gasteiger partial charge in [-0.1, -0.05) is 18.2 Å². The number of anilines is 1. The molecule has 8 heteroatoms. The Morgan fingerprint density at radius 1 is 1.21 bits per heavy atom. The van der Waals surface area contributed by atoms with Crippen LogP contribution in [0.15, 0.2) is 60.2 Å². The summed E-state index contributed by atoms with van der Waals surface area (Å²) >= 11 is 1.73. The second-order valence-electron chi connectivity index (χ2n) is 8.22. The van der Waals surface area contributed by atoms with E-state index in [-0.39, 0.29) is 11.8 Å². The molecule has 1 fully saturated rings. The van der Waals surface area contributed by atoms with Crippen LogP contribution in [0, 0.1) is 5.92 Å². The highest BCUT2D eigenvalue weighted by Gasteiger charge is 2.26. The average Bonchev–Trinajstić information content (AvgIpc) is 3.54. The van der Waals surface area contributed by atoms with Gasteiger partial charge in [-0.05, 0) is 48.9 Å². The number of rotatable bonds is 7. The molecule has 3 aromatic heterocycles. The molecule has 0 unspecified atom stereocenters. The molecule has 0 spiro atoms. The Balaban J connectivity index is 1.24. The van der Waals surface area contributed by atoms with Crippen molar-refractivity contribution in [2.75, 3.05) is 31.6 Å². The van der Waals surface area contributed by atoms with E-state index in [1.807, 2.05) is 41.0 Å². The number of amides is 1. The first kappa shape index (κ1) is 21.5. The quantitative estimate of drug-likeness (QED) is 0.450. The number of carbonyl (C=O) groups excluding carboxylic acids is 1. The Morgan fingerprint density at radius 3 is 2.88 bits per heavy atom. The van der Waals surface area contributed by atoms with Crippen molar-refractivity contribution in [2.24, 2.45) is 5.92 Å². The van der Waals surface area contributed by atoms with Gasteiger partial charge in [-0.2, -0.15) is 5.10 Å². The molecule has 7 nitrogen and oxygen atoms in total. The van der Waals surface area contributed by atoms with E-state index in [4.69, 9.17) is 9.84 Å². The van der Waals surface area contributed by atoms with Crippen LogP contribution in [0.25, 0.3) is 16.8 Å². The molecule has 4 heterocycles. The van der Waals surface area contributed by atoms with Crippen molar-refractivity contribution in [3.8, 4) is 17.0 Å². The summed E-state index contributed by atoms with van der Waals surface area (Å²) in [4.78, 5) is 20.9. The van der Waals surface area contributed by atoms with Crippen LogP contribution in [0.2, 0.25) is 0 Å². The van der Waals surface area contributed by atoms with Gasteiger partial charge < -0.3 is 15.0 Å². The van der Waals surface area contributed by atoms with Crippen LogP contribution >= 0.6 is 11.3 Å². The fraction of sp³-hybridized carbons (Fsp3) is 0.320. The number of piperidine rings is 1. The van der Waals surface area contributed by atoms with Gasteiger partial charge >= 0.3 is 0 Å². The molecule has 170 valence electrons. The van der Waals surface area contributed by atoms with Crippen molar-refractivity contribution in [3.05, 3.63) is 65.1 Å². The van der Waals surface area contributed by atoms with Crippen LogP contribution in [0.5, 0.6) is 5.75 Å². The van der Waals surface area contributed by atoms with Crippen LogP contribution < -0.4 is 15.0 Å². The third kappa shape index (κ3) is 4.71. The molecule has 1 amide bonds. The monoisotopic (exact) mass is 461 g/mol. The Hall–Kier alpha value is -3.39. The van der Waals surface area contributed by atoms with Crippen LogP contribution in [0.1, 0.15) is 17.7 Å². The van der Waals surface area contributed by atoms with Gasteiger partial charge in [-0.15, -0.1) is 11.3 Å². The molecule has 0 bridgehead atoms. The maximum Gasteiger partial charge on any atom is 0.223 e. The highest BCUT2D eigenvalue weighted by Crippen LogP contribution is 2.29. The average molecular weight is 462 g/mol. The number of hydrogen-bond acceptors (Lipinski definition) is 6. The summed E-state index contributed by atoms with van der Waals surface area (Å²) < 4.78 is 7.23. The number of hydrogen-bond donors (Lipinski definition) is 1. The number of aromatic nitrogens is 3. The molecule has 0 atom stereocenters. The standard InChI is InChI=1S/C25H27N5O2S/c1-32-20-5-2-4-19(16-20)22-17-23-24(26-11-14-30(23)28-22)29-12-8-18(9-13-29)25(31)27-10-7-21-6-3-15-33-21/h2-6,11,14-18H,7-10,12-13H2,1H3,(H,27,31). The lowest BCUT2D eigenvalue weighted by atomic mass is 9.96. The lowest BCUT2D eigenvalue weighted by Crippen LogP contribution is -2.41. The minimum atomic E-state index is 0.0570. The number of ether oxygens (including phenoxy) is 1. The van der Waals surface area contributed by atoms with E-state index in [9.17, 15) is 4.79 Å². The maximum absolute atomic E-state index is 12.6. The van der Waals surface area contributed by atoms with Crippen LogP contribution in [-0.2, 0) is 11.2 Å². The third-order valence-corrected chi connectivity index (χ3v) is 7.09. The van der Waals surface area contributed by atoms with Crippen molar-refractivity contribution in [2.45, 2.75) is 19.3 Å². The van der Waals surface area contributed by atoms with Gasteiger partial charge in [0.1, 0.15) is 11.3 Å². The molecule has 1 N–H and O–H groups in total. The first-order valence-electron chi connectivity index (χ1n) is 11.2. The second-order valence-corrected chi connectivity index (χ2v) is 9.26. The molecule has 5 rings (SSSR count). The first-order valence-corrected chi connectivity index (χ1v) is 12.1. The molecule has 0 saturated carbocycles.